The Kier molecular flexibility index (Phi) is 3.53. The standard InChI is InChI=1S/C10H21NO3/c1-9(7-12,8-14-3)10(13)4-5-11(2)6-10/h12-13H,4-8H2,1-3H3. The minimum atomic E-state index is -0.827. The molecule has 0 aliphatic carbocycles. The molecule has 0 bridgehead atoms. The second-order valence-electron chi connectivity index (χ2n) is 4.67. The highest BCUT2D eigenvalue weighted by atomic mass is 16.5. The summed E-state index contributed by atoms with van der Waals surface area (Å²) in [6, 6.07) is 0. The van der Waals surface area contributed by atoms with Crippen LogP contribution >= 0.6 is 0 Å². The van der Waals surface area contributed by atoms with E-state index in [4.69, 9.17) is 4.74 Å². The zero-order chi connectivity index (χ0) is 10.8. The number of hydrogen-bond donors (Lipinski definition) is 2. The van der Waals surface area contributed by atoms with Gasteiger partial charge in [-0.15, -0.1) is 0 Å². The van der Waals surface area contributed by atoms with Gasteiger partial charge in [-0.3, -0.25) is 0 Å². The molecule has 1 heterocycles. The molecule has 0 saturated carbocycles. The maximum absolute atomic E-state index is 10.4. The van der Waals surface area contributed by atoms with Crippen molar-refractivity contribution in [3.63, 3.8) is 0 Å². The van der Waals surface area contributed by atoms with Gasteiger partial charge in [0.25, 0.3) is 0 Å². The molecule has 0 radical (unpaired) electrons. The summed E-state index contributed by atoms with van der Waals surface area (Å²) in [5.74, 6) is 0. The molecule has 0 spiro atoms. The lowest BCUT2D eigenvalue weighted by atomic mass is 9.73. The van der Waals surface area contributed by atoms with Crippen LogP contribution < -0.4 is 0 Å². The molecule has 0 aromatic rings. The molecule has 1 aliphatic rings. The van der Waals surface area contributed by atoms with Crippen molar-refractivity contribution in [3.05, 3.63) is 0 Å². The van der Waals surface area contributed by atoms with Crippen LogP contribution in [0.1, 0.15) is 13.3 Å². The number of β-amino-alcohol motifs (C(OH)–C–C–N with tert-alkyl or cyclic N) is 1. The molecule has 0 amide bonds. The van der Waals surface area contributed by atoms with Crippen LogP contribution in [0.5, 0.6) is 0 Å². The number of nitrogens with zero attached hydrogens (tertiary/aromatic N) is 1. The summed E-state index contributed by atoms with van der Waals surface area (Å²) >= 11 is 0. The first-order chi connectivity index (χ1) is 6.47. The molecule has 4 nitrogen and oxygen atoms in total. The van der Waals surface area contributed by atoms with E-state index >= 15 is 0 Å². The highest BCUT2D eigenvalue weighted by Gasteiger charge is 2.49. The predicted octanol–water partition coefficient (Wildman–Crippen LogP) is -0.302. The van der Waals surface area contributed by atoms with E-state index in [2.05, 4.69) is 4.90 Å². The van der Waals surface area contributed by atoms with E-state index in [0.29, 0.717) is 19.6 Å². The van der Waals surface area contributed by atoms with Gasteiger partial charge in [0.15, 0.2) is 0 Å². The Balaban J connectivity index is 2.77. The third-order valence-corrected chi connectivity index (χ3v) is 3.37. The molecule has 0 aromatic heterocycles. The second kappa shape index (κ2) is 4.14. The minimum Gasteiger partial charge on any atom is -0.396 e. The lowest BCUT2D eigenvalue weighted by molar-refractivity contribution is -0.120. The third kappa shape index (κ3) is 1.93. The van der Waals surface area contributed by atoms with E-state index in [1.807, 2.05) is 14.0 Å². The number of methoxy groups -OCH3 is 1. The first-order valence-electron chi connectivity index (χ1n) is 4.98. The molecule has 0 aromatic carbocycles. The number of aliphatic hydroxyl groups excluding tert-OH is 1. The first kappa shape index (κ1) is 11.9. The molecule has 2 atom stereocenters. The Morgan fingerprint density at radius 1 is 1.57 bits per heavy atom. The Bertz CT molecular complexity index is 194. The Hall–Kier alpha value is -0.160. The van der Waals surface area contributed by atoms with E-state index in [-0.39, 0.29) is 6.61 Å². The van der Waals surface area contributed by atoms with Crippen LogP contribution in [0.25, 0.3) is 0 Å². The summed E-state index contributed by atoms with van der Waals surface area (Å²) in [6.07, 6.45) is 0.698. The lowest BCUT2D eigenvalue weighted by Gasteiger charge is -2.40. The molecular weight excluding hydrogens is 182 g/mol. The number of ether oxygens (including phenoxy) is 1. The molecule has 1 rings (SSSR count). The van der Waals surface area contributed by atoms with Gasteiger partial charge in [-0.1, -0.05) is 6.92 Å². The predicted molar refractivity (Wildman–Crippen MR) is 54.1 cm³/mol. The Morgan fingerprint density at radius 3 is 2.57 bits per heavy atom. The summed E-state index contributed by atoms with van der Waals surface area (Å²) in [7, 11) is 3.57. The topological polar surface area (TPSA) is 52.9 Å². The zero-order valence-corrected chi connectivity index (χ0v) is 9.29. The Morgan fingerprint density at radius 2 is 2.21 bits per heavy atom. The first-order valence-corrected chi connectivity index (χ1v) is 4.98. The second-order valence-corrected chi connectivity index (χ2v) is 4.67. The fourth-order valence-electron chi connectivity index (χ4n) is 2.12. The van der Waals surface area contributed by atoms with Crippen LogP contribution in [0.3, 0.4) is 0 Å². The fourth-order valence-corrected chi connectivity index (χ4v) is 2.12. The number of hydrogen-bond acceptors (Lipinski definition) is 4. The van der Waals surface area contributed by atoms with Crippen molar-refractivity contribution in [3.8, 4) is 0 Å². The molecule has 1 saturated heterocycles. The summed E-state index contributed by atoms with van der Waals surface area (Å²) < 4.78 is 5.07. The van der Waals surface area contributed by atoms with Crippen LogP contribution in [0.4, 0.5) is 0 Å². The lowest BCUT2D eigenvalue weighted by Crippen LogP contribution is -2.53. The molecule has 2 N–H and O–H groups in total. The van der Waals surface area contributed by atoms with Gasteiger partial charge in [-0.05, 0) is 13.5 Å². The minimum absolute atomic E-state index is 0.0504. The smallest absolute Gasteiger partial charge is 0.0883 e. The number of likely N-dealkylation sites (N-methyl/N-ethyl adjacent to an activating group) is 1. The molecule has 1 fully saturated rings. The average Bonchev–Trinajstić information content (AvgIpc) is 2.48. The highest BCUT2D eigenvalue weighted by Crippen LogP contribution is 2.38. The van der Waals surface area contributed by atoms with Crippen LogP contribution in [-0.4, -0.2) is 61.2 Å². The summed E-state index contributed by atoms with van der Waals surface area (Å²) in [5.41, 5.74) is -1.39. The van der Waals surface area contributed by atoms with Crippen molar-refractivity contribution in [2.75, 3.05) is 40.5 Å². The maximum atomic E-state index is 10.4. The molecular formula is C10H21NO3. The van der Waals surface area contributed by atoms with Gasteiger partial charge in [-0.25, -0.2) is 0 Å². The van der Waals surface area contributed by atoms with Crippen LogP contribution in [0.15, 0.2) is 0 Å². The van der Waals surface area contributed by atoms with Crippen LogP contribution in [0.2, 0.25) is 0 Å². The molecule has 14 heavy (non-hydrogen) atoms. The Labute approximate surface area is 85.5 Å². The monoisotopic (exact) mass is 203 g/mol. The van der Waals surface area contributed by atoms with E-state index in [9.17, 15) is 10.2 Å². The summed E-state index contributed by atoms with van der Waals surface area (Å²) in [4.78, 5) is 2.07. The van der Waals surface area contributed by atoms with Gasteiger partial charge in [0.2, 0.25) is 0 Å². The maximum Gasteiger partial charge on any atom is 0.0883 e. The molecule has 1 aliphatic heterocycles. The molecule has 84 valence electrons. The third-order valence-electron chi connectivity index (χ3n) is 3.37. The van der Waals surface area contributed by atoms with E-state index in [1.54, 1.807) is 7.11 Å². The van der Waals surface area contributed by atoms with Gasteiger partial charge in [0.1, 0.15) is 0 Å². The van der Waals surface area contributed by atoms with Gasteiger partial charge in [0, 0.05) is 25.6 Å². The van der Waals surface area contributed by atoms with Crippen molar-refractivity contribution < 1.29 is 14.9 Å². The fraction of sp³-hybridized carbons (Fsp3) is 1.00. The average molecular weight is 203 g/mol. The quantitative estimate of drug-likeness (QED) is 0.658. The highest BCUT2D eigenvalue weighted by molar-refractivity contribution is 5.01. The van der Waals surface area contributed by atoms with Gasteiger partial charge in [-0.2, -0.15) is 0 Å². The normalized spacial score (nSPS) is 33.2. The van der Waals surface area contributed by atoms with Crippen molar-refractivity contribution in [1.29, 1.82) is 0 Å². The van der Waals surface area contributed by atoms with Crippen molar-refractivity contribution in [2.45, 2.75) is 18.9 Å². The summed E-state index contributed by atoms with van der Waals surface area (Å²) in [6.45, 7) is 3.68. The van der Waals surface area contributed by atoms with Crippen molar-refractivity contribution >= 4 is 0 Å². The zero-order valence-electron chi connectivity index (χ0n) is 9.29. The number of rotatable bonds is 4. The van der Waals surface area contributed by atoms with Gasteiger partial charge >= 0.3 is 0 Å². The number of aliphatic hydroxyl groups is 2. The van der Waals surface area contributed by atoms with Crippen LogP contribution in [-0.2, 0) is 4.74 Å². The number of likely N-dealkylation sites (tertiary alicyclic amines) is 1. The molecule has 2 unspecified atom stereocenters. The molecule has 4 heteroatoms. The van der Waals surface area contributed by atoms with Gasteiger partial charge < -0.3 is 19.8 Å². The largest absolute Gasteiger partial charge is 0.396 e. The van der Waals surface area contributed by atoms with Crippen molar-refractivity contribution in [1.82, 2.24) is 4.90 Å². The SMILES string of the molecule is COCC(C)(CO)C1(O)CCN(C)C1. The van der Waals surface area contributed by atoms with E-state index in [1.165, 1.54) is 0 Å². The van der Waals surface area contributed by atoms with Gasteiger partial charge in [0.05, 0.1) is 18.8 Å². The van der Waals surface area contributed by atoms with E-state index < -0.39 is 11.0 Å². The van der Waals surface area contributed by atoms with Crippen LogP contribution in [0, 0.1) is 5.41 Å². The summed E-state index contributed by atoms with van der Waals surface area (Å²) in [5, 5.41) is 19.8. The van der Waals surface area contributed by atoms with E-state index in [0.717, 1.165) is 6.54 Å². The van der Waals surface area contributed by atoms with Crippen molar-refractivity contribution in [2.24, 2.45) is 5.41 Å².